The van der Waals surface area contributed by atoms with Crippen molar-refractivity contribution in [2.45, 2.75) is 25.8 Å². The monoisotopic (exact) mass is 567 g/mol. The lowest BCUT2D eigenvalue weighted by molar-refractivity contribution is 0.0929. The van der Waals surface area contributed by atoms with E-state index in [1.165, 1.54) is 16.0 Å². The maximum Gasteiger partial charge on any atom is 0.284 e. The van der Waals surface area contributed by atoms with Gasteiger partial charge in [0.2, 0.25) is 0 Å². The van der Waals surface area contributed by atoms with Crippen LogP contribution in [0.2, 0.25) is 5.02 Å². The number of halogens is 1. The second-order valence-electron chi connectivity index (χ2n) is 9.65. The molecule has 0 saturated carbocycles. The first kappa shape index (κ1) is 26.7. The summed E-state index contributed by atoms with van der Waals surface area (Å²) in [7, 11) is 5.63. The van der Waals surface area contributed by atoms with Crippen LogP contribution in [0.3, 0.4) is 0 Å². The lowest BCUT2D eigenvalue weighted by Crippen LogP contribution is -2.46. The van der Waals surface area contributed by atoms with Crippen LogP contribution in [0, 0.1) is 6.92 Å². The molecule has 1 amide bonds. The number of piperidine rings is 1. The Morgan fingerprint density at radius 2 is 1.90 bits per heavy atom. The highest BCUT2D eigenvalue weighted by atomic mass is 35.5. The summed E-state index contributed by atoms with van der Waals surface area (Å²) in [4.78, 5) is 45.1. The van der Waals surface area contributed by atoms with Crippen molar-refractivity contribution >= 4 is 45.6 Å². The van der Waals surface area contributed by atoms with Crippen molar-refractivity contribution in [2.75, 3.05) is 42.7 Å². The van der Waals surface area contributed by atoms with Crippen LogP contribution in [-0.2, 0) is 7.05 Å². The molecule has 1 fully saturated rings. The van der Waals surface area contributed by atoms with E-state index in [-0.39, 0.29) is 17.5 Å². The number of para-hydroxylation sites is 1. The quantitative estimate of drug-likeness (QED) is 0.364. The van der Waals surface area contributed by atoms with E-state index in [1.54, 1.807) is 55.3 Å². The molecule has 39 heavy (non-hydrogen) atoms. The predicted molar refractivity (Wildman–Crippen MR) is 155 cm³/mol. The molecule has 3 N–H and O–H groups in total. The molecular formula is C26H30ClN9O2S. The average molecular weight is 568 g/mol. The minimum absolute atomic E-state index is 0.0944. The molecule has 4 heterocycles. The van der Waals surface area contributed by atoms with Crippen molar-refractivity contribution in [1.82, 2.24) is 29.6 Å². The molecule has 4 aromatic rings. The highest BCUT2D eigenvalue weighted by Crippen LogP contribution is 2.32. The summed E-state index contributed by atoms with van der Waals surface area (Å²) < 4.78 is 3.08. The van der Waals surface area contributed by atoms with Gasteiger partial charge in [0.25, 0.3) is 11.5 Å². The van der Waals surface area contributed by atoms with Crippen molar-refractivity contribution in [3.8, 4) is 16.3 Å². The predicted octanol–water partition coefficient (Wildman–Crippen LogP) is 3.10. The molecule has 0 aliphatic carbocycles. The average Bonchev–Trinajstić information content (AvgIpc) is 3.49. The Morgan fingerprint density at radius 1 is 1.18 bits per heavy atom. The molecule has 13 heteroatoms. The molecular weight excluding hydrogens is 538 g/mol. The number of nitrogens with one attached hydrogen (secondary N) is 1. The van der Waals surface area contributed by atoms with Gasteiger partial charge in [-0.1, -0.05) is 35.1 Å². The Morgan fingerprint density at radius 3 is 2.56 bits per heavy atom. The van der Waals surface area contributed by atoms with Crippen LogP contribution in [0.1, 0.15) is 28.9 Å². The van der Waals surface area contributed by atoms with Gasteiger partial charge in [-0.05, 0) is 31.9 Å². The first-order chi connectivity index (χ1) is 18.7. The number of rotatable bonds is 6. The fourth-order valence-corrected chi connectivity index (χ4v) is 5.70. The molecule has 3 aromatic heterocycles. The number of carbonyl (C=O) groups excluding carboxylic acids is 1. The number of anilines is 3. The highest BCUT2D eigenvalue weighted by molar-refractivity contribution is 7.18. The van der Waals surface area contributed by atoms with Gasteiger partial charge >= 0.3 is 0 Å². The van der Waals surface area contributed by atoms with Crippen molar-refractivity contribution in [3.05, 3.63) is 63.3 Å². The number of thiazole rings is 1. The Balaban J connectivity index is 1.29. The molecule has 1 saturated heterocycles. The van der Waals surface area contributed by atoms with Crippen LogP contribution in [-0.4, -0.2) is 63.4 Å². The van der Waals surface area contributed by atoms with Crippen LogP contribution in [0.25, 0.3) is 16.3 Å². The van der Waals surface area contributed by atoms with E-state index in [1.807, 2.05) is 19.0 Å². The van der Waals surface area contributed by atoms with Crippen molar-refractivity contribution in [2.24, 2.45) is 7.05 Å². The van der Waals surface area contributed by atoms with Gasteiger partial charge in [0.05, 0.1) is 27.5 Å². The molecule has 0 unspecified atom stereocenters. The van der Waals surface area contributed by atoms with E-state index >= 15 is 0 Å². The summed E-state index contributed by atoms with van der Waals surface area (Å²) >= 11 is 7.87. The van der Waals surface area contributed by atoms with E-state index in [9.17, 15) is 9.59 Å². The molecule has 5 rings (SSSR count). The van der Waals surface area contributed by atoms with Crippen LogP contribution in [0.15, 0.2) is 41.5 Å². The third kappa shape index (κ3) is 5.09. The van der Waals surface area contributed by atoms with Gasteiger partial charge in [-0.3, -0.25) is 14.3 Å². The SMILES string of the molecule is Cc1c(C(=O)NC2CCN(c3nc(-c4cnc(N(C)C)s4)cnc3N)CC2)c(=O)n(-c2ccccc2Cl)n1C. The topological polar surface area (TPSA) is 127 Å². The zero-order valence-corrected chi connectivity index (χ0v) is 23.8. The number of carbonyl (C=O) groups is 1. The third-order valence-corrected chi connectivity index (χ3v) is 8.41. The second-order valence-corrected chi connectivity index (χ2v) is 11.1. The smallest absolute Gasteiger partial charge is 0.284 e. The molecule has 0 radical (unpaired) electrons. The number of hydrogen-bond acceptors (Lipinski definition) is 9. The Kier molecular flexibility index (Phi) is 7.32. The summed E-state index contributed by atoms with van der Waals surface area (Å²) in [6.07, 6.45) is 4.80. The molecule has 11 nitrogen and oxygen atoms in total. The van der Waals surface area contributed by atoms with Crippen molar-refractivity contribution < 1.29 is 4.79 Å². The van der Waals surface area contributed by atoms with Gasteiger partial charge in [0.1, 0.15) is 11.3 Å². The van der Waals surface area contributed by atoms with Crippen LogP contribution in [0.4, 0.5) is 16.8 Å². The fourth-order valence-electron chi connectivity index (χ4n) is 4.69. The fraction of sp³-hybridized carbons (Fsp3) is 0.346. The first-order valence-corrected chi connectivity index (χ1v) is 13.7. The highest BCUT2D eigenvalue weighted by Gasteiger charge is 2.28. The van der Waals surface area contributed by atoms with E-state index in [0.29, 0.717) is 54.0 Å². The number of benzene rings is 1. The number of nitrogen functional groups attached to an aromatic ring is 1. The Hall–Kier alpha value is -3.90. The van der Waals surface area contributed by atoms with Gasteiger partial charge in [0, 0.05) is 46.5 Å². The lowest BCUT2D eigenvalue weighted by Gasteiger charge is -2.33. The number of nitrogens with zero attached hydrogens (tertiary/aromatic N) is 7. The lowest BCUT2D eigenvalue weighted by atomic mass is 10.0. The van der Waals surface area contributed by atoms with E-state index < -0.39 is 5.56 Å². The zero-order chi connectivity index (χ0) is 27.8. The number of hydrogen-bond donors (Lipinski definition) is 2. The van der Waals surface area contributed by atoms with E-state index in [0.717, 1.165) is 15.7 Å². The van der Waals surface area contributed by atoms with E-state index in [2.05, 4.69) is 20.2 Å². The largest absolute Gasteiger partial charge is 0.381 e. The maximum absolute atomic E-state index is 13.3. The normalized spacial score (nSPS) is 14.0. The summed E-state index contributed by atoms with van der Waals surface area (Å²) in [5.74, 6) is 0.595. The summed E-state index contributed by atoms with van der Waals surface area (Å²) in [5, 5.41) is 4.37. The zero-order valence-electron chi connectivity index (χ0n) is 22.2. The van der Waals surface area contributed by atoms with Crippen molar-refractivity contribution in [1.29, 1.82) is 0 Å². The standard InChI is InChI=1S/C26H30ClN9O2S/c1-15-21(25(38)36(34(15)4)19-8-6-5-7-17(19)27)24(37)31-16-9-11-35(12-10-16)23-22(28)29-13-18(32-23)20-14-30-26(39-20)33(2)3/h5-8,13-14,16H,9-12H2,1-4H3,(H2,28,29)(H,31,37). The minimum Gasteiger partial charge on any atom is -0.381 e. The van der Waals surface area contributed by atoms with Gasteiger partial charge in [0.15, 0.2) is 16.8 Å². The molecule has 1 aliphatic rings. The molecule has 0 bridgehead atoms. The first-order valence-electron chi connectivity index (χ1n) is 12.5. The summed E-state index contributed by atoms with van der Waals surface area (Å²) in [5.41, 5.74) is 7.72. The van der Waals surface area contributed by atoms with Gasteiger partial charge in [-0.2, -0.15) is 0 Å². The molecule has 1 aromatic carbocycles. The second kappa shape index (κ2) is 10.7. The molecule has 204 valence electrons. The number of amides is 1. The number of nitrogens with two attached hydrogens (primary N) is 1. The Labute approximate surface area is 234 Å². The summed E-state index contributed by atoms with van der Waals surface area (Å²) in [6.45, 7) is 3.03. The molecule has 0 spiro atoms. The number of aromatic nitrogens is 5. The van der Waals surface area contributed by atoms with Gasteiger partial charge < -0.3 is 20.9 Å². The van der Waals surface area contributed by atoms with E-state index in [4.69, 9.17) is 22.3 Å². The van der Waals surface area contributed by atoms with Crippen LogP contribution < -0.4 is 26.4 Å². The van der Waals surface area contributed by atoms with Crippen LogP contribution in [0.5, 0.6) is 0 Å². The molecule has 0 atom stereocenters. The molecule has 1 aliphatic heterocycles. The summed E-state index contributed by atoms with van der Waals surface area (Å²) in [6, 6.07) is 6.96. The third-order valence-electron chi connectivity index (χ3n) is 6.90. The Bertz CT molecular complexity index is 1580. The van der Waals surface area contributed by atoms with Crippen molar-refractivity contribution in [3.63, 3.8) is 0 Å². The maximum atomic E-state index is 13.3. The minimum atomic E-state index is -0.404. The van der Waals surface area contributed by atoms with Crippen LogP contribution >= 0.6 is 22.9 Å². The van der Waals surface area contributed by atoms with Gasteiger partial charge in [-0.25, -0.2) is 19.6 Å². The van der Waals surface area contributed by atoms with Gasteiger partial charge in [-0.15, -0.1) is 0 Å².